The molecule has 0 fully saturated rings. The van der Waals surface area contributed by atoms with Crippen molar-refractivity contribution < 1.29 is 34.6 Å². The molecule has 0 aliphatic rings. The van der Waals surface area contributed by atoms with Gasteiger partial charge in [-0.05, 0) is 76.9 Å². The number of nitrogens with one attached hydrogen (secondary N) is 1. The molecule has 0 aliphatic heterocycles. The quantitative estimate of drug-likeness (QED) is 0.168. The van der Waals surface area contributed by atoms with Crippen molar-refractivity contribution in [2.24, 2.45) is 0 Å². The summed E-state index contributed by atoms with van der Waals surface area (Å²) in [5, 5.41) is 12.5. The number of benzene rings is 6. The summed E-state index contributed by atoms with van der Waals surface area (Å²) in [6.07, 6.45) is 0. The second-order valence-corrected chi connectivity index (χ2v) is 16.2. The van der Waals surface area contributed by atoms with Gasteiger partial charge in [0.2, 0.25) is 0 Å². The smallest absolute Gasteiger partial charge is 2.00 e. The molecule has 0 unspecified atom stereocenters. The Morgan fingerprint density at radius 3 is 0.837 bits per heavy atom. The maximum Gasteiger partial charge on any atom is 2.00 e. The van der Waals surface area contributed by atoms with Gasteiger partial charge in [0.25, 0.3) is 0 Å². The Hall–Kier alpha value is -3.45. The van der Waals surface area contributed by atoms with Crippen LogP contribution >= 0.6 is 19.4 Å². The van der Waals surface area contributed by atoms with Crippen LogP contribution in [0.1, 0.15) is 33.4 Å². The van der Waals surface area contributed by atoms with Crippen molar-refractivity contribution in [3.8, 4) is 0 Å². The van der Waals surface area contributed by atoms with E-state index in [4.69, 9.17) is 19.4 Å². The molecule has 0 aromatic heterocycles. The third-order valence-corrected chi connectivity index (χ3v) is 6.85. The molecule has 0 aliphatic carbocycles. The van der Waals surface area contributed by atoms with E-state index in [1.54, 1.807) is 0 Å². The van der Waals surface area contributed by atoms with E-state index >= 15 is 0 Å². The van der Waals surface area contributed by atoms with E-state index < -0.39 is 15.1 Å². The number of halogens is 2. The van der Waals surface area contributed by atoms with Gasteiger partial charge in [0.15, 0.2) is 0 Å². The van der Waals surface area contributed by atoms with E-state index in [0.717, 1.165) is 34.1 Å². The van der Waals surface area contributed by atoms with Crippen molar-refractivity contribution in [3.05, 3.63) is 190 Å². The molecule has 3 nitrogen and oxygen atoms in total. The van der Waals surface area contributed by atoms with Gasteiger partial charge in [-0.15, -0.1) is 22.7 Å². The van der Waals surface area contributed by atoms with Crippen LogP contribution in [-0.4, -0.2) is 0 Å². The molecule has 244 valence electrons. The first kappa shape index (κ1) is 41.7. The number of anilines is 2. The first-order chi connectivity index (χ1) is 23.1. The van der Waals surface area contributed by atoms with Crippen LogP contribution in [-0.2, 0) is 34.6 Å². The zero-order valence-corrected chi connectivity index (χ0v) is 36.9. The van der Waals surface area contributed by atoms with Crippen molar-refractivity contribution in [2.45, 2.75) is 41.5 Å². The molecule has 0 heterocycles. The predicted molar refractivity (Wildman–Crippen MR) is 207 cm³/mol. The van der Waals surface area contributed by atoms with Crippen molar-refractivity contribution >= 4 is 53.5 Å². The largest absolute Gasteiger partial charge is 2.00 e. The van der Waals surface area contributed by atoms with E-state index in [9.17, 15) is 0 Å². The van der Waals surface area contributed by atoms with Crippen LogP contribution in [0.3, 0.4) is 0 Å². The molecule has 0 saturated heterocycles. The Morgan fingerprint density at radius 1 is 0.388 bits per heavy atom. The molecule has 6 rings (SSSR count). The van der Waals surface area contributed by atoms with Crippen molar-refractivity contribution in [3.63, 3.8) is 0 Å². The summed E-state index contributed by atoms with van der Waals surface area (Å²) in [6, 6.07) is 49.6. The van der Waals surface area contributed by atoms with Crippen LogP contribution in [0.15, 0.2) is 146 Å². The summed E-state index contributed by atoms with van der Waals surface area (Å²) in [4.78, 5) is 0. The molecule has 1 N–H and O–H groups in total. The summed E-state index contributed by atoms with van der Waals surface area (Å²) in [6.45, 7) is 12.5. The molecule has 0 amide bonds. The van der Waals surface area contributed by atoms with Gasteiger partial charge in [0.05, 0.1) is 0 Å². The number of hydrogen-bond donors (Lipinski definition) is 1. The molecule has 0 radical (unpaired) electrons. The fourth-order valence-corrected chi connectivity index (χ4v) is 4.70. The third kappa shape index (κ3) is 17.2. The third-order valence-electron chi connectivity index (χ3n) is 6.85. The monoisotopic (exact) mass is 787 g/mol. The molecular weight excluding hydrogens is 748 g/mol. The van der Waals surface area contributed by atoms with Gasteiger partial charge in [-0.3, -0.25) is 0 Å². The van der Waals surface area contributed by atoms with Gasteiger partial charge in [0.1, 0.15) is 0 Å². The van der Waals surface area contributed by atoms with Crippen LogP contribution in [0.2, 0.25) is 0 Å². The van der Waals surface area contributed by atoms with Gasteiger partial charge in [-0.2, -0.15) is 0 Å². The molecule has 6 aromatic rings. The Balaban J connectivity index is 0.000000243. The van der Waals surface area contributed by atoms with E-state index in [1.165, 1.54) is 33.4 Å². The average molecular weight is 792 g/mol. The number of rotatable bonds is 6. The normalized spacial score (nSPS) is 9.39. The van der Waals surface area contributed by atoms with Crippen molar-refractivity contribution in [1.29, 1.82) is 0 Å². The molecule has 49 heavy (non-hydrogen) atoms. The summed E-state index contributed by atoms with van der Waals surface area (Å²) >= 11 is -0.931. The van der Waals surface area contributed by atoms with Crippen LogP contribution in [0.5, 0.6) is 0 Å². The first-order valence-electron chi connectivity index (χ1n) is 15.9. The van der Waals surface area contributed by atoms with Crippen molar-refractivity contribution in [2.75, 3.05) is 5.32 Å². The SMILES string of the molecule is Cc1cccc(Nc2cccc(C)c2)c1.Cc1cccc([N-]c2cccc(C)c2)c1.Cc1cccc([N-]c2cccc(C)c2)c1.[Cl][Zn][Cl].[Zn+2]. The van der Waals surface area contributed by atoms with Crippen LogP contribution < -0.4 is 5.32 Å². The molecule has 7 heteroatoms. The average Bonchev–Trinajstić information content (AvgIpc) is 3.02. The van der Waals surface area contributed by atoms with Gasteiger partial charge >= 0.3 is 54.0 Å². The van der Waals surface area contributed by atoms with Gasteiger partial charge in [-0.1, -0.05) is 144 Å². The second kappa shape index (κ2) is 23.0. The minimum Gasteiger partial charge on any atom is 2.00 e. The van der Waals surface area contributed by atoms with Crippen LogP contribution in [0.25, 0.3) is 10.6 Å². The molecule has 0 atom stereocenters. The van der Waals surface area contributed by atoms with E-state index in [0.29, 0.717) is 0 Å². The van der Waals surface area contributed by atoms with Crippen LogP contribution in [0, 0.1) is 41.5 Å². The summed E-state index contributed by atoms with van der Waals surface area (Å²) in [7, 11) is 9.90. The first-order valence-corrected chi connectivity index (χ1v) is 23.7. The maximum atomic E-state index is 4.95. The standard InChI is InChI=1S/C14H15N.2C14H14N.2ClH.2Zn/c3*1-11-5-3-7-13(9-11)15-14-8-4-6-12(2)10-14;;;;/h3-10,15H,1-2H3;2*3-10H,1-2H3;2*1H;;/q;2*-1;;;2*+2/p-2. The van der Waals surface area contributed by atoms with Crippen LogP contribution in [0.4, 0.5) is 34.1 Å². The number of hydrogen-bond acceptors (Lipinski definition) is 1. The zero-order chi connectivity index (χ0) is 34.7. The Kier molecular flexibility index (Phi) is 19.6. The molecule has 0 bridgehead atoms. The van der Waals surface area contributed by atoms with E-state index in [2.05, 4.69) is 155 Å². The zero-order valence-electron chi connectivity index (χ0n) is 29.4. The summed E-state index contributed by atoms with van der Waals surface area (Å²) in [5.74, 6) is 0. The van der Waals surface area contributed by atoms with Gasteiger partial charge in [-0.25, -0.2) is 0 Å². The Labute approximate surface area is 322 Å². The van der Waals surface area contributed by atoms with Crippen molar-refractivity contribution in [1.82, 2.24) is 0 Å². The Morgan fingerprint density at radius 2 is 0.612 bits per heavy atom. The number of aryl methyl sites for hydroxylation is 6. The molecule has 6 aromatic carbocycles. The fraction of sp³-hybridized carbons (Fsp3) is 0.143. The summed E-state index contributed by atoms with van der Waals surface area (Å²) in [5.41, 5.74) is 13.8. The van der Waals surface area contributed by atoms with E-state index in [1.807, 2.05) is 48.5 Å². The minimum atomic E-state index is -0.931. The van der Waals surface area contributed by atoms with Gasteiger partial charge < -0.3 is 16.0 Å². The van der Waals surface area contributed by atoms with E-state index in [-0.39, 0.29) is 19.5 Å². The molecule has 0 saturated carbocycles. The number of nitrogens with zero attached hydrogens (tertiary/aromatic N) is 2. The molecular formula is C42H43Cl2N3Zn2. The summed E-state index contributed by atoms with van der Waals surface area (Å²) < 4.78 is 0. The molecule has 0 spiro atoms. The predicted octanol–water partition coefficient (Wildman–Crippen LogP) is 14.7. The Bertz CT molecular complexity index is 1500. The maximum absolute atomic E-state index is 4.95. The van der Waals surface area contributed by atoms with Gasteiger partial charge in [0, 0.05) is 11.4 Å². The fourth-order valence-electron chi connectivity index (χ4n) is 4.70. The second-order valence-electron chi connectivity index (χ2n) is 11.5. The minimum absolute atomic E-state index is 0. The topological polar surface area (TPSA) is 40.2 Å².